The van der Waals surface area contributed by atoms with E-state index in [2.05, 4.69) is 20.9 Å². The molecule has 3 aliphatic rings. The number of alkyl halides is 2. The number of nitrogens with zero attached hydrogens (tertiary/aromatic N) is 2. The van der Waals surface area contributed by atoms with Crippen LogP contribution in [-0.4, -0.2) is 58.2 Å². The molecule has 0 unspecified atom stereocenters. The number of methoxy groups -OCH3 is 1. The van der Waals surface area contributed by atoms with Gasteiger partial charge in [0.25, 0.3) is 5.92 Å². The molecular weight excluding hydrogens is 610 g/mol. The lowest BCUT2D eigenvalue weighted by Crippen LogP contribution is -2.52. The van der Waals surface area contributed by atoms with Crippen molar-refractivity contribution in [3.05, 3.63) is 87.0 Å². The smallest absolute Gasteiger partial charge is 0.251 e. The zero-order chi connectivity index (χ0) is 28.4. The van der Waals surface area contributed by atoms with Crippen LogP contribution in [0.4, 0.5) is 8.78 Å². The fourth-order valence-corrected chi connectivity index (χ4v) is 7.09. The van der Waals surface area contributed by atoms with E-state index in [1.54, 1.807) is 48.5 Å². The Kier molecular flexibility index (Phi) is 6.61. The van der Waals surface area contributed by atoms with E-state index in [1.165, 1.54) is 18.1 Å². The maximum absolute atomic E-state index is 14.2. The van der Waals surface area contributed by atoms with Gasteiger partial charge in [0.05, 0.1) is 18.6 Å². The Bertz CT molecular complexity index is 1450. The summed E-state index contributed by atoms with van der Waals surface area (Å²) in [6, 6.07) is 17.5. The number of carbonyl (C=O) groups is 1. The van der Waals surface area contributed by atoms with Gasteiger partial charge < -0.3 is 24.6 Å². The van der Waals surface area contributed by atoms with Gasteiger partial charge >= 0.3 is 0 Å². The number of ether oxygens (including phenoxy) is 2. The molecule has 3 heterocycles. The van der Waals surface area contributed by atoms with Crippen molar-refractivity contribution in [1.29, 1.82) is 0 Å². The molecule has 1 saturated carbocycles. The number of likely N-dealkylation sites (tertiary alicyclic amines) is 1. The molecule has 2 N–H and O–H groups in total. The highest BCUT2D eigenvalue weighted by atomic mass is 79.9. The number of aliphatic hydroxyl groups is 2. The number of halogens is 4. The molecule has 5 atom stereocenters. The Balaban J connectivity index is 1.61. The van der Waals surface area contributed by atoms with Gasteiger partial charge in [-0.05, 0) is 23.3 Å². The van der Waals surface area contributed by atoms with Crippen molar-refractivity contribution in [1.82, 2.24) is 9.88 Å². The summed E-state index contributed by atoms with van der Waals surface area (Å²) in [5, 5.41) is 25.0. The number of aliphatic hydroxyl groups excluding tert-OH is 1. The van der Waals surface area contributed by atoms with Gasteiger partial charge in [-0.3, -0.25) is 4.79 Å². The van der Waals surface area contributed by atoms with E-state index in [9.17, 15) is 23.8 Å². The third-order valence-electron chi connectivity index (χ3n) is 8.42. The lowest BCUT2D eigenvalue weighted by Gasteiger charge is -2.41. The normalized spacial score (nSPS) is 30.4. The average molecular weight is 636 g/mol. The van der Waals surface area contributed by atoms with Gasteiger partial charge in [-0.2, -0.15) is 0 Å². The molecule has 2 fully saturated rings. The zero-order valence-corrected chi connectivity index (χ0v) is 23.7. The van der Waals surface area contributed by atoms with Gasteiger partial charge in [0, 0.05) is 42.4 Å². The summed E-state index contributed by atoms with van der Waals surface area (Å²) >= 11 is 9.72. The summed E-state index contributed by atoms with van der Waals surface area (Å²) in [4.78, 5) is 19.8. The standard InChI is InChI=1S/C29H26BrClF2N2O5/c1-39-25-23-19(15-20(31)34-25)40-29(17-7-9-18(30)10-8-17)22(16-5-3-2-4-6-16)21(24(36)28(23,29)38)26(37)35-13-11-27(32,33)12-14-35/h2-10,15,21-22,24,36,38H,11-14H2,1H3/t21-,22-,24-,28+,29+/m1/s1. The average Bonchev–Trinajstić information content (AvgIpc) is 3.31. The van der Waals surface area contributed by atoms with Crippen LogP contribution in [0.5, 0.6) is 11.6 Å². The van der Waals surface area contributed by atoms with Crippen LogP contribution in [0.1, 0.15) is 35.4 Å². The summed E-state index contributed by atoms with van der Waals surface area (Å²) in [6.07, 6.45) is -2.68. The minimum absolute atomic E-state index is 0.0535. The van der Waals surface area contributed by atoms with Crippen LogP contribution >= 0.6 is 27.5 Å². The first-order valence-corrected chi connectivity index (χ1v) is 14.0. The molecule has 40 heavy (non-hydrogen) atoms. The molecule has 6 rings (SSSR count). The third-order valence-corrected chi connectivity index (χ3v) is 9.14. The van der Waals surface area contributed by atoms with Crippen LogP contribution < -0.4 is 9.47 Å². The van der Waals surface area contributed by atoms with Crippen molar-refractivity contribution in [3.8, 4) is 11.6 Å². The maximum atomic E-state index is 14.2. The number of benzene rings is 2. The highest BCUT2D eigenvalue weighted by Crippen LogP contribution is 2.70. The fourth-order valence-electron chi connectivity index (χ4n) is 6.65. The van der Waals surface area contributed by atoms with Crippen molar-refractivity contribution >= 4 is 33.4 Å². The highest BCUT2D eigenvalue weighted by Gasteiger charge is 2.78. The van der Waals surface area contributed by atoms with Gasteiger partial charge in [0.2, 0.25) is 11.8 Å². The zero-order valence-electron chi connectivity index (χ0n) is 21.4. The van der Waals surface area contributed by atoms with Crippen LogP contribution in [0.3, 0.4) is 0 Å². The number of hydrogen-bond donors (Lipinski definition) is 2. The van der Waals surface area contributed by atoms with E-state index in [0.717, 1.165) is 4.47 Å². The molecule has 1 amide bonds. The Morgan fingerprint density at radius 3 is 2.42 bits per heavy atom. The molecule has 1 aromatic heterocycles. The molecule has 2 aliphatic heterocycles. The van der Waals surface area contributed by atoms with E-state index in [4.69, 9.17) is 21.1 Å². The van der Waals surface area contributed by atoms with E-state index < -0.39 is 53.8 Å². The van der Waals surface area contributed by atoms with Crippen LogP contribution in [-0.2, 0) is 16.0 Å². The fraction of sp³-hybridized carbons (Fsp3) is 0.379. The molecule has 210 valence electrons. The molecular formula is C29H26BrClF2N2O5. The van der Waals surface area contributed by atoms with E-state index in [0.29, 0.717) is 11.1 Å². The predicted molar refractivity (Wildman–Crippen MR) is 146 cm³/mol. The SMILES string of the molecule is COc1nc(Cl)cc2c1[C@]1(O)[C@H](O)[C@H](C(=O)N3CCC(F)(F)CC3)[C@@H](c3ccccc3)[C@]1(c1ccc(Br)cc1)O2. The van der Waals surface area contributed by atoms with Gasteiger partial charge in [0.1, 0.15) is 17.0 Å². The second-order valence-electron chi connectivity index (χ2n) is 10.5. The number of piperidine rings is 1. The summed E-state index contributed by atoms with van der Waals surface area (Å²) < 4.78 is 41.0. The summed E-state index contributed by atoms with van der Waals surface area (Å²) in [7, 11) is 1.36. The molecule has 11 heteroatoms. The van der Waals surface area contributed by atoms with Crippen molar-refractivity contribution < 1.29 is 33.3 Å². The van der Waals surface area contributed by atoms with Crippen LogP contribution in [0.25, 0.3) is 0 Å². The predicted octanol–water partition coefficient (Wildman–Crippen LogP) is 5.01. The Morgan fingerprint density at radius 2 is 1.80 bits per heavy atom. The van der Waals surface area contributed by atoms with E-state index >= 15 is 0 Å². The monoisotopic (exact) mass is 634 g/mol. The first kappa shape index (κ1) is 27.4. The number of hydrogen-bond acceptors (Lipinski definition) is 6. The molecule has 0 spiro atoms. The number of carbonyl (C=O) groups excluding carboxylic acids is 1. The van der Waals surface area contributed by atoms with Crippen LogP contribution in [0.2, 0.25) is 5.15 Å². The lowest BCUT2D eigenvalue weighted by molar-refractivity contribution is -0.159. The molecule has 1 aliphatic carbocycles. The third kappa shape index (κ3) is 3.87. The number of pyridine rings is 1. The summed E-state index contributed by atoms with van der Waals surface area (Å²) in [5.41, 5.74) is -2.81. The minimum atomic E-state index is -2.86. The maximum Gasteiger partial charge on any atom is 0.251 e. The van der Waals surface area contributed by atoms with Gasteiger partial charge in [-0.25, -0.2) is 13.8 Å². The molecule has 0 radical (unpaired) electrons. The Labute approximate surface area is 242 Å². The topological polar surface area (TPSA) is 92.1 Å². The van der Waals surface area contributed by atoms with Gasteiger partial charge in [-0.15, -0.1) is 0 Å². The van der Waals surface area contributed by atoms with E-state index in [-0.39, 0.29) is 35.4 Å². The van der Waals surface area contributed by atoms with Crippen molar-refractivity contribution in [2.24, 2.45) is 5.92 Å². The van der Waals surface area contributed by atoms with Crippen molar-refractivity contribution in [2.45, 2.75) is 42.0 Å². The quantitative estimate of drug-likeness (QED) is 0.392. The van der Waals surface area contributed by atoms with Gasteiger partial charge in [-0.1, -0.05) is 70.0 Å². The second-order valence-corrected chi connectivity index (χ2v) is 11.8. The largest absolute Gasteiger partial charge is 0.481 e. The van der Waals surface area contributed by atoms with Crippen molar-refractivity contribution in [2.75, 3.05) is 20.2 Å². The molecule has 1 saturated heterocycles. The highest BCUT2D eigenvalue weighted by molar-refractivity contribution is 9.10. The summed E-state index contributed by atoms with van der Waals surface area (Å²) in [6.45, 7) is -0.337. The first-order valence-electron chi connectivity index (χ1n) is 12.9. The Morgan fingerprint density at radius 1 is 1.15 bits per heavy atom. The molecule has 2 aromatic carbocycles. The number of rotatable bonds is 4. The molecule has 3 aromatic rings. The van der Waals surface area contributed by atoms with E-state index in [1.807, 2.05) is 6.07 Å². The minimum Gasteiger partial charge on any atom is -0.481 e. The van der Waals surface area contributed by atoms with Crippen molar-refractivity contribution in [3.63, 3.8) is 0 Å². The molecule has 7 nitrogen and oxygen atoms in total. The van der Waals surface area contributed by atoms with Crippen LogP contribution in [0.15, 0.2) is 65.1 Å². The second kappa shape index (κ2) is 9.65. The number of aromatic nitrogens is 1. The summed E-state index contributed by atoms with van der Waals surface area (Å²) in [5.74, 6) is -5.50. The number of amides is 1. The number of fused-ring (bicyclic) bond motifs is 3. The lowest BCUT2D eigenvalue weighted by atomic mass is 9.70. The van der Waals surface area contributed by atoms with Crippen LogP contribution in [0, 0.1) is 5.92 Å². The van der Waals surface area contributed by atoms with Gasteiger partial charge in [0.15, 0.2) is 11.2 Å². The molecule has 0 bridgehead atoms. The Hall–Kier alpha value is -2.79. The first-order chi connectivity index (χ1) is 19.0.